The highest BCUT2D eigenvalue weighted by atomic mass is 16.5. The molecule has 2 saturated heterocycles. The Labute approximate surface area is 72.1 Å². The molecule has 2 heterocycles. The average molecular weight is 170 g/mol. The van der Waals surface area contributed by atoms with E-state index in [9.17, 15) is 4.79 Å². The van der Waals surface area contributed by atoms with Crippen molar-refractivity contribution >= 4 is 6.03 Å². The van der Waals surface area contributed by atoms with Crippen LogP contribution < -0.4 is 0 Å². The number of carbonyl (C=O) groups excluding carboxylic acids is 1. The van der Waals surface area contributed by atoms with Gasteiger partial charge in [-0.3, -0.25) is 0 Å². The molecule has 0 atom stereocenters. The van der Waals surface area contributed by atoms with Crippen LogP contribution in [0.2, 0.25) is 0 Å². The molecular weight excluding hydrogens is 156 g/mol. The Morgan fingerprint density at radius 2 is 2.08 bits per heavy atom. The summed E-state index contributed by atoms with van der Waals surface area (Å²) in [5.41, 5.74) is 0.0313. The number of ether oxygens (including phenoxy) is 1. The number of carbonyl (C=O) groups is 1. The van der Waals surface area contributed by atoms with Crippen LogP contribution in [0.1, 0.15) is 6.42 Å². The maximum Gasteiger partial charge on any atom is 0.320 e. The van der Waals surface area contributed by atoms with E-state index in [4.69, 9.17) is 4.74 Å². The molecule has 0 bridgehead atoms. The van der Waals surface area contributed by atoms with E-state index in [-0.39, 0.29) is 11.6 Å². The number of urea groups is 1. The molecule has 2 aliphatic rings. The lowest BCUT2D eigenvalue weighted by molar-refractivity contribution is -0.134. The van der Waals surface area contributed by atoms with Crippen molar-refractivity contribution < 1.29 is 9.53 Å². The molecule has 12 heavy (non-hydrogen) atoms. The maximum absolute atomic E-state index is 11.5. The Hall–Kier alpha value is -0.770. The van der Waals surface area contributed by atoms with E-state index >= 15 is 0 Å². The van der Waals surface area contributed by atoms with Crippen molar-refractivity contribution in [2.45, 2.75) is 12.0 Å². The summed E-state index contributed by atoms with van der Waals surface area (Å²) in [7, 11) is 3.70. The van der Waals surface area contributed by atoms with Crippen LogP contribution in [-0.4, -0.2) is 55.2 Å². The van der Waals surface area contributed by atoms with Crippen molar-refractivity contribution in [3.8, 4) is 0 Å². The van der Waals surface area contributed by atoms with Gasteiger partial charge in [0.05, 0.1) is 18.8 Å². The first-order valence-electron chi connectivity index (χ1n) is 4.22. The molecule has 4 heteroatoms. The van der Waals surface area contributed by atoms with E-state index in [1.807, 2.05) is 19.0 Å². The minimum absolute atomic E-state index is 0.0313. The summed E-state index contributed by atoms with van der Waals surface area (Å²) in [5, 5.41) is 0. The van der Waals surface area contributed by atoms with Gasteiger partial charge in [-0.25, -0.2) is 4.79 Å². The van der Waals surface area contributed by atoms with Gasteiger partial charge in [0, 0.05) is 20.6 Å². The predicted octanol–water partition coefficient (Wildman–Crippen LogP) is 0.143. The van der Waals surface area contributed by atoms with Gasteiger partial charge in [-0.15, -0.1) is 0 Å². The second kappa shape index (κ2) is 2.36. The zero-order chi connectivity index (χ0) is 8.77. The summed E-state index contributed by atoms with van der Waals surface area (Å²) < 4.78 is 5.16. The average Bonchev–Trinajstić information content (AvgIpc) is 1.98. The smallest absolute Gasteiger partial charge is 0.320 e. The van der Waals surface area contributed by atoms with Crippen LogP contribution in [0.4, 0.5) is 4.79 Å². The first-order valence-corrected chi connectivity index (χ1v) is 4.22. The third-order valence-corrected chi connectivity index (χ3v) is 2.98. The standard InChI is InChI=1S/C8H14N2O2/c1-9-4-3-8(5-12-6-8)10(2)7(9)11/h3-6H2,1-2H3. The van der Waals surface area contributed by atoms with Gasteiger partial charge in [0.1, 0.15) is 0 Å². The van der Waals surface area contributed by atoms with Gasteiger partial charge in [0.25, 0.3) is 0 Å². The molecule has 0 N–H and O–H groups in total. The van der Waals surface area contributed by atoms with Crippen LogP contribution in [0.5, 0.6) is 0 Å². The fourth-order valence-corrected chi connectivity index (χ4v) is 1.77. The van der Waals surface area contributed by atoms with E-state index in [1.54, 1.807) is 4.90 Å². The van der Waals surface area contributed by atoms with Crippen molar-refractivity contribution in [3.63, 3.8) is 0 Å². The molecule has 0 aromatic rings. The van der Waals surface area contributed by atoms with Crippen LogP contribution in [0.3, 0.4) is 0 Å². The van der Waals surface area contributed by atoms with Crippen LogP contribution in [0.15, 0.2) is 0 Å². The van der Waals surface area contributed by atoms with E-state index in [1.165, 1.54) is 0 Å². The molecule has 1 spiro atoms. The molecule has 0 aromatic carbocycles. The van der Waals surface area contributed by atoms with Crippen molar-refractivity contribution in [3.05, 3.63) is 0 Å². The fraction of sp³-hybridized carbons (Fsp3) is 0.875. The summed E-state index contributed by atoms with van der Waals surface area (Å²) >= 11 is 0. The van der Waals surface area contributed by atoms with Gasteiger partial charge >= 0.3 is 6.03 Å². The summed E-state index contributed by atoms with van der Waals surface area (Å²) in [6, 6.07) is 0.115. The van der Waals surface area contributed by atoms with Gasteiger partial charge < -0.3 is 14.5 Å². The normalized spacial score (nSPS) is 27.7. The molecular formula is C8H14N2O2. The molecule has 0 radical (unpaired) electrons. The minimum atomic E-state index is 0.0313. The van der Waals surface area contributed by atoms with Crippen LogP contribution in [-0.2, 0) is 4.74 Å². The van der Waals surface area contributed by atoms with Gasteiger partial charge in [0.15, 0.2) is 0 Å². The van der Waals surface area contributed by atoms with E-state index < -0.39 is 0 Å². The third-order valence-electron chi connectivity index (χ3n) is 2.98. The molecule has 2 rings (SSSR count). The Morgan fingerprint density at radius 1 is 1.42 bits per heavy atom. The van der Waals surface area contributed by atoms with Crippen molar-refractivity contribution in [2.75, 3.05) is 33.9 Å². The number of hydrogen-bond acceptors (Lipinski definition) is 2. The maximum atomic E-state index is 11.5. The van der Waals surface area contributed by atoms with Crippen LogP contribution >= 0.6 is 0 Å². The van der Waals surface area contributed by atoms with Gasteiger partial charge in [-0.2, -0.15) is 0 Å². The number of hydrogen-bond donors (Lipinski definition) is 0. The minimum Gasteiger partial charge on any atom is -0.376 e. The van der Waals surface area contributed by atoms with Crippen LogP contribution in [0.25, 0.3) is 0 Å². The predicted molar refractivity (Wildman–Crippen MR) is 44.0 cm³/mol. The van der Waals surface area contributed by atoms with Gasteiger partial charge in [-0.05, 0) is 6.42 Å². The Bertz CT molecular complexity index is 213. The lowest BCUT2D eigenvalue weighted by Crippen LogP contribution is -2.68. The first-order chi connectivity index (χ1) is 5.66. The van der Waals surface area contributed by atoms with Crippen molar-refractivity contribution in [1.82, 2.24) is 9.80 Å². The molecule has 2 amide bonds. The van der Waals surface area contributed by atoms with E-state index in [2.05, 4.69) is 0 Å². The Balaban J connectivity index is 2.14. The van der Waals surface area contributed by atoms with Gasteiger partial charge in [-0.1, -0.05) is 0 Å². The second-order valence-electron chi connectivity index (χ2n) is 3.73. The van der Waals surface area contributed by atoms with Crippen molar-refractivity contribution in [1.29, 1.82) is 0 Å². The molecule has 68 valence electrons. The number of likely N-dealkylation sites (N-methyl/N-ethyl adjacent to an activating group) is 1. The lowest BCUT2D eigenvalue weighted by Gasteiger charge is -2.52. The summed E-state index contributed by atoms with van der Waals surface area (Å²) in [6.45, 7) is 2.28. The van der Waals surface area contributed by atoms with Crippen molar-refractivity contribution in [2.24, 2.45) is 0 Å². The second-order valence-corrected chi connectivity index (χ2v) is 3.73. The summed E-state index contributed by atoms with van der Waals surface area (Å²) in [4.78, 5) is 15.1. The van der Waals surface area contributed by atoms with Gasteiger partial charge in [0.2, 0.25) is 0 Å². The molecule has 4 nitrogen and oxygen atoms in total. The molecule has 0 saturated carbocycles. The summed E-state index contributed by atoms with van der Waals surface area (Å²) in [5.74, 6) is 0. The Morgan fingerprint density at radius 3 is 2.58 bits per heavy atom. The zero-order valence-corrected chi connectivity index (χ0v) is 7.54. The molecule has 2 fully saturated rings. The molecule has 2 aliphatic heterocycles. The SMILES string of the molecule is CN1CCC2(COC2)N(C)C1=O. The largest absolute Gasteiger partial charge is 0.376 e. The number of amides is 2. The number of rotatable bonds is 0. The lowest BCUT2D eigenvalue weighted by atomic mass is 9.89. The van der Waals surface area contributed by atoms with Crippen LogP contribution in [0, 0.1) is 0 Å². The summed E-state index contributed by atoms with van der Waals surface area (Å²) in [6.07, 6.45) is 1.03. The monoisotopic (exact) mass is 170 g/mol. The zero-order valence-electron chi connectivity index (χ0n) is 7.54. The first kappa shape index (κ1) is 7.86. The quantitative estimate of drug-likeness (QED) is 0.518. The molecule has 0 unspecified atom stereocenters. The highest BCUT2D eigenvalue weighted by Gasteiger charge is 2.47. The highest BCUT2D eigenvalue weighted by Crippen LogP contribution is 2.31. The molecule has 0 aliphatic carbocycles. The number of nitrogens with zero attached hydrogens (tertiary/aromatic N) is 2. The van der Waals surface area contributed by atoms with E-state index in [0.29, 0.717) is 13.2 Å². The Kier molecular flexibility index (Phi) is 1.54. The highest BCUT2D eigenvalue weighted by molar-refractivity contribution is 5.76. The molecule has 0 aromatic heterocycles. The third kappa shape index (κ3) is 0.843. The topological polar surface area (TPSA) is 32.8 Å². The van der Waals surface area contributed by atoms with E-state index in [0.717, 1.165) is 13.0 Å². The fourth-order valence-electron chi connectivity index (χ4n) is 1.77.